The van der Waals surface area contributed by atoms with Crippen LogP contribution in [0.15, 0.2) is 76.7 Å². The summed E-state index contributed by atoms with van der Waals surface area (Å²) < 4.78 is 0. The monoisotopic (exact) mass is 851 g/mol. The zero-order valence-corrected chi connectivity index (χ0v) is 36.8. The van der Waals surface area contributed by atoms with Crippen LogP contribution in [0.4, 0.5) is 0 Å². The molecular weight excluding hydrogens is 785 g/mol. The number of carbonyl (C=O) groups excluding carboxylic acids is 3. The fourth-order valence-electron chi connectivity index (χ4n) is 8.24. The molecule has 4 atom stereocenters. The summed E-state index contributed by atoms with van der Waals surface area (Å²) in [6.07, 6.45) is 3.30. The molecule has 0 aliphatic carbocycles. The minimum absolute atomic E-state index is 0.00188. The van der Waals surface area contributed by atoms with Crippen LogP contribution in [0, 0.1) is 27.7 Å². The van der Waals surface area contributed by atoms with Crippen LogP contribution in [0.5, 0.6) is 11.5 Å². The van der Waals surface area contributed by atoms with Gasteiger partial charge in [-0.2, -0.15) is 0 Å². The van der Waals surface area contributed by atoms with E-state index in [1.54, 1.807) is 52.0 Å². The maximum absolute atomic E-state index is 16.1. The number of guanidine groups is 2. The van der Waals surface area contributed by atoms with Gasteiger partial charge in [0.2, 0.25) is 17.7 Å². The van der Waals surface area contributed by atoms with Crippen LogP contribution in [0.25, 0.3) is 10.8 Å². The number of nitrogens with zero attached hydrogens (tertiary/aromatic N) is 3. The Labute approximate surface area is 365 Å². The van der Waals surface area contributed by atoms with Gasteiger partial charge in [-0.25, -0.2) is 0 Å². The first-order chi connectivity index (χ1) is 29.3. The number of benzene rings is 4. The SMILES string of the molecule is Cc1cc(C[C@H](N)C(=O)N[C@@](CCCCCCN=C(N)N)(Cc2cc(C)c(O)c(C)c2)C(=O)N([C@H](C)c2ccc3ccccc3c2)[C@@H](CCCN=C(N)N)C(N)=O)cc(C)c1O. The lowest BCUT2D eigenvalue weighted by atomic mass is 9.81. The molecule has 15 heteroatoms. The van der Waals surface area contributed by atoms with Crippen molar-refractivity contribution in [1.29, 1.82) is 0 Å². The molecule has 3 amide bonds. The molecule has 0 unspecified atom stereocenters. The van der Waals surface area contributed by atoms with E-state index in [1.807, 2.05) is 49.4 Å². The highest BCUT2D eigenvalue weighted by atomic mass is 16.3. The molecule has 0 saturated heterocycles. The molecule has 4 aromatic carbocycles. The third-order valence-corrected chi connectivity index (χ3v) is 11.5. The first-order valence-electron chi connectivity index (χ1n) is 21.2. The molecule has 0 spiro atoms. The number of phenolic OH excluding ortho intramolecular Hbond substituents is 2. The molecule has 62 heavy (non-hydrogen) atoms. The van der Waals surface area contributed by atoms with E-state index >= 15 is 4.79 Å². The summed E-state index contributed by atoms with van der Waals surface area (Å²) in [4.78, 5) is 54.2. The number of rotatable bonds is 22. The Morgan fingerprint density at radius 1 is 0.710 bits per heavy atom. The fourth-order valence-corrected chi connectivity index (χ4v) is 8.24. The van der Waals surface area contributed by atoms with Crippen molar-refractivity contribution in [2.24, 2.45) is 44.4 Å². The summed E-state index contributed by atoms with van der Waals surface area (Å²) in [6, 6.07) is 17.9. The lowest BCUT2D eigenvalue weighted by Crippen LogP contribution is -2.66. The average molecular weight is 851 g/mol. The molecule has 4 rings (SSSR count). The van der Waals surface area contributed by atoms with Gasteiger partial charge in [-0.1, -0.05) is 79.9 Å². The highest BCUT2D eigenvalue weighted by molar-refractivity contribution is 5.96. The maximum Gasteiger partial charge on any atom is 0.249 e. The molecule has 15 N–H and O–H groups in total. The summed E-state index contributed by atoms with van der Waals surface area (Å²) in [5, 5.41) is 26.3. The number of primary amides is 1. The van der Waals surface area contributed by atoms with Crippen LogP contribution >= 0.6 is 0 Å². The number of aliphatic imine (C=N–C) groups is 2. The first kappa shape index (κ1) is 48.3. The number of carbonyl (C=O) groups is 3. The topological polar surface area (TPSA) is 288 Å². The summed E-state index contributed by atoms with van der Waals surface area (Å²) in [5.74, 6) is -1.65. The summed E-state index contributed by atoms with van der Waals surface area (Å²) in [7, 11) is 0. The highest BCUT2D eigenvalue weighted by Crippen LogP contribution is 2.35. The number of unbranched alkanes of at least 4 members (excludes halogenated alkanes) is 3. The Bertz CT molecular complexity index is 2220. The second kappa shape index (κ2) is 22.0. The van der Waals surface area contributed by atoms with E-state index in [4.69, 9.17) is 34.4 Å². The van der Waals surface area contributed by atoms with Gasteiger partial charge < -0.3 is 54.8 Å². The van der Waals surface area contributed by atoms with Crippen LogP contribution < -0.4 is 39.7 Å². The third kappa shape index (κ3) is 12.8. The number of aryl methyl sites for hydroxylation is 4. The van der Waals surface area contributed by atoms with E-state index in [0.29, 0.717) is 60.0 Å². The van der Waals surface area contributed by atoms with Crippen LogP contribution in [0.1, 0.15) is 96.9 Å². The van der Waals surface area contributed by atoms with Gasteiger partial charge in [0.15, 0.2) is 11.9 Å². The molecule has 0 radical (unpaired) electrons. The van der Waals surface area contributed by atoms with E-state index in [2.05, 4.69) is 15.3 Å². The molecule has 4 aromatic rings. The van der Waals surface area contributed by atoms with E-state index in [1.165, 1.54) is 4.90 Å². The van der Waals surface area contributed by atoms with Crippen LogP contribution in [-0.4, -0.2) is 75.5 Å². The van der Waals surface area contributed by atoms with Gasteiger partial charge in [-0.15, -0.1) is 0 Å². The largest absolute Gasteiger partial charge is 0.507 e. The van der Waals surface area contributed by atoms with E-state index < -0.39 is 41.4 Å². The standard InChI is InChI=1S/C47H66N10O5/c1-28-21-33(22-29(2)40(28)58)25-38(48)43(61)56-47(18-10-6-7-11-19-54-45(50)51,27-34-23-30(3)41(59)31(4)24-34)44(62)57(39(42(49)60)15-12-20-55-46(52)53)32(5)36-17-16-35-13-8-9-14-37(35)26-36/h8-9,13-14,16-17,21-24,26,32,38-39,58-59H,6-7,10-12,15,18-20,25,27,48H2,1-5H3,(H2,49,60)(H,56,61)(H4,50,51,54)(H4,52,53,55)/t32-,38+,39+,47+/m1/s1. The number of amides is 3. The highest BCUT2D eigenvalue weighted by Gasteiger charge is 2.47. The average Bonchev–Trinajstić information content (AvgIpc) is 3.21. The molecule has 0 bridgehead atoms. The van der Waals surface area contributed by atoms with Crippen molar-refractivity contribution >= 4 is 40.4 Å². The Balaban J connectivity index is 1.91. The zero-order chi connectivity index (χ0) is 45.7. The lowest BCUT2D eigenvalue weighted by Gasteiger charge is -2.44. The molecular formula is C47H66N10O5. The van der Waals surface area contributed by atoms with Crippen LogP contribution in [0.3, 0.4) is 0 Å². The van der Waals surface area contributed by atoms with E-state index in [0.717, 1.165) is 28.3 Å². The summed E-state index contributed by atoms with van der Waals surface area (Å²) in [6.45, 7) is 9.58. The van der Waals surface area contributed by atoms with Crippen molar-refractivity contribution in [1.82, 2.24) is 10.2 Å². The molecule has 334 valence electrons. The van der Waals surface area contributed by atoms with Gasteiger partial charge in [-0.05, 0) is 123 Å². The number of fused-ring (bicyclic) bond motifs is 1. The van der Waals surface area contributed by atoms with Gasteiger partial charge in [0.25, 0.3) is 0 Å². The van der Waals surface area contributed by atoms with E-state index in [9.17, 15) is 19.8 Å². The quantitative estimate of drug-likeness (QED) is 0.0309. The molecule has 0 fully saturated rings. The zero-order valence-electron chi connectivity index (χ0n) is 36.8. The molecule has 0 saturated carbocycles. The second-order valence-corrected chi connectivity index (χ2v) is 16.5. The van der Waals surface area contributed by atoms with Gasteiger partial charge in [0.05, 0.1) is 12.1 Å². The molecule has 0 aliphatic rings. The third-order valence-electron chi connectivity index (χ3n) is 11.5. The predicted octanol–water partition coefficient (Wildman–Crippen LogP) is 4.17. The van der Waals surface area contributed by atoms with Crippen LogP contribution in [-0.2, 0) is 27.2 Å². The number of aromatic hydroxyl groups is 2. The van der Waals surface area contributed by atoms with Crippen molar-refractivity contribution < 1.29 is 24.6 Å². The Morgan fingerprint density at radius 3 is 1.81 bits per heavy atom. The number of phenols is 2. The minimum Gasteiger partial charge on any atom is -0.507 e. The second-order valence-electron chi connectivity index (χ2n) is 16.5. The summed E-state index contributed by atoms with van der Waals surface area (Å²) >= 11 is 0. The van der Waals surface area contributed by atoms with Gasteiger partial charge in [0.1, 0.15) is 23.1 Å². The van der Waals surface area contributed by atoms with Crippen molar-refractivity contribution in [3.63, 3.8) is 0 Å². The molecule has 0 aromatic heterocycles. The van der Waals surface area contributed by atoms with Crippen molar-refractivity contribution in [3.05, 3.63) is 106 Å². The minimum atomic E-state index is -1.68. The number of nitrogens with two attached hydrogens (primary N) is 6. The number of nitrogens with one attached hydrogen (secondary N) is 1. The van der Waals surface area contributed by atoms with Gasteiger partial charge in [0, 0.05) is 19.5 Å². The van der Waals surface area contributed by atoms with Gasteiger partial charge >= 0.3 is 0 Å². The van der Waals surface area contributed by atoms with E-state index in [-0.39, 0.29) is 55.6 Å². The van der Waals surface area contributed by atoms with Gasteiger partial charge in [-0.3, -0.25) is 24.4 Å². The maximum atomic E-state index is 16.1. The number of hydrogen-bond donors (Lipinski definition) is 9. The van der Waals surface area contributed by atoms with Crippen molar-refractivity contribution in [2.45, 2.75) is 116 Å². The Hall–Kier alpha value is -6.35. The number of hydrogen-bond acceptors (Lipinski definition) is 8. The fraction of sp³-hybridized carbons (Fsp3) is 0.426. The predicted molar refractivity (Wildman–Crippen MR) is 247 cm³/mol. The van der Waals surface area contributed by atoms with Crippen LogP contribution in [0.2, 0.25) is 0 Å². The molecule has 15 nitrogen and oxygen atoms in total. The van der Waals surface area contributed by atoms with Crippen molar-refractivity contribution in [3.8, 4) is 11.5 Å². The summed E-state index contributed by atoms with van der Waals surface area (Å²) in [5.41, 5.74) is 38.3. The Kier molecular flexibility index (Phi) is 17.1. The normalized spacial score (nSPS) is 13.6. The molecule has 0 aliphatic heterocycles. The smallest absolute Gasteiger partial charge is 0.249 e. The lowest BCUT2D eigenvalue weighted by molar-refractivity contribution is -0.150. The first-order valence-corrected chi connectivity index (χ1v) is 21.2. The Morgan fingerprint density at radius 2 is 1.24 bits per heavy atom. The molecule has 0 heterocycles. The van der Waals surface area contributed by atoms with Crippen molar-refractivity contribution in [2.75, 3.05) is 13.1 Å².